The Hall–Kier alpha value is -4.41. The molecule has 0 amide bonds. The molecule has 5 aromatic rings. The highest BCUT2D eigenvalue weighted by Gasteiger charge is 2.14. The first-order chi connectivity index (χ1) is 17.2. The normalized spacial score (nSPS) is 11.1. The predicted molar refractivity (Wildman–Crippen MR) is 131 cm³/mol. The number of nitrogens with zero attached hydrogens (tertiary/aromatic N) is 6. The van der Waals surface area contributed by atoms with Gasteiger partial charge in [0.1, 0.15) is 18.0 Å². The van der Waals surface area contributed by atoms with Gasteiger partial charge in [-0.25, -0.2) is 4.39 Å². The number of aromatic nitrogens is 4. The summed E-state index contributed by atoms with van der Waals surface area (Å²) in [6.45, 7) is 2.36. The number of halogens is 1. The monoisotopic (exact) mass is 462 g/mol. The van der Waals surface area contributed by atoms with Crippen molar-refractivity contribution in [2.45, 2.75) is 26.2 Å². The van der Waals surface area contributed by atoms with Crippen LogP contribution in [-0.2, 0) is 26.2 Å². The lowest BCUT2D eigenvalue weighted by Gasteiger charge is -2.22. The van der Waals surface area contributed by atoms with E-state index < -0.39 is 0 Å². The first kappa shape index (κ1) is 22.4. The van der Waals surface area contributed by atoms with Crippen molar-refractivity contribution in [1.82, 2.24) is 24.6 Å². The maximum absolute atomic E-state index is 13.5. The highest BCUT2D eigenvalue weighted by atomic mass is 19.1. The second kappa shape index (κ2) is 10.2. The summed E-state index contributed by atoms with van der Waals surface area (Å²) in [7, 11) is 0. The van der Waals surface area contributed by atoms with Crippen molar-refractivity contribution in [3.05, 3.63) is 125 Å². The third-order valence-corrected chi connectivity index (χ3v) is 5.86. The highest BCUT2D eigenvalue weighted by Crippen LogP contribution is 2.17. The van der Waals surface area contributed by atoms with Gasteiger partial charge in [0.15, 0.2) is 0 Å². The first-order valence-corrected chi connectivity index (χ1v) is 11.3. The van der Waals surface area contributed by atoms with Crippen LogP contribution in [0, 0.1) is 17.1 Å². The zero-order chi connectivity index (χ0) is 24.0. The molecule has 0 spiro atoms. The van der Waals surface area contributed by atoms with Gasteiger partial charge in [0, 0.05) is 18.5 Å². The molecule has 0 fully saturated rings. The summed E-state index contributed by atoms with van der Waals surface area (Å²) in [5, 5.41) is 18.7. The molecule has 6 nitrogen and oxygen atoms in total. The van der Waals surface area contributed by atoms with E-state index in [0.29, 0.717) is 31.7 Å². The summed E-state index contributed by atoms with van der Waals surface area (Å²) in [6.07, 6.45) is 1.72. The van der Waals surface area contributed by atoms with Crippen molar-refractivity contribution in [2.24, 2.45) is 0 Å². The molecule has 0 aliphatic heterocycles. The summed E-state index contributed by atoms with van der Waals surface area (Å²) in [6, 6.07) is 28.4. The van der Waals surface area contributed by atoms with Crippen LogP contribution in [0.15, 0.2) is 91.3 Å². The quantitative estimate of drug-likeness (QED) is 0.321. The van der Waals surface area contributed by atoms with Crippen molar-refractivity contribution in [2.75, 3.05) is 0 Å². The van der Waals surface area contributed by atoms with Crippen molar-refractivity contribution >= 4 is 10.9 Å². The minimum atomic E-state index is -0.251. The van der Waals surface area contributed by atoms with Crippen LogP contribution in [0.5, 0.6) is 0 Å². The van der Waals surface area contributed by atoms with Crippen LogP contribution < -0.4 is 0 Å². The smallest absolute Gasteiger partial charge is 0.147 e. The summed E-state index contributed by atoms with van der Waals surface area (Å²) < 4.78 is 15.5. The van der Waals surface area contributed by atoms with Crippen LogP contribution in [-0.4, -0.2) is 24.6 Å². The lowest BCUT2D eigenvalue weighted by atomic mass is 10.1. The van der Waals surface area contributed by atoms with E-state index in [-0.39, 0.29) is 5.82 Å². The molecular formula is C28H23FN6. The molecule has 2 aromatic heterocycles. The molecule has 0 saturated heterocycles. The van der Waals surface area contributed by atoms with E-state index >= 15 is 0 Å². The zero-order valence-corrected chi connectivity index (χ0v) is 19.0. The van der Waals surface area contributed by atoms with E-state index in [2.05, 4.69) is 27.2 Å². The van der Waals surface area contributed by atoms with E-state index in [4.69, 9.17) is 10.2 Å². The Bertz CT molecular complexity index is 1470. The fourth-order valence-corrected chi connectivity index (χ4v) is 4.06. The second-order valence-electron chi connectivity index (χ2n) is 8.45. The van der Waals surface area contributed by atoms with Crippen LogP contribution in [0.3, 0.4) is 0 Å². The van der Waals surface area contributed by atoms with Crippen molar-refractivity contribution in [3.8, 4) is 6.07 Å². The number of fused-ring (bicyclic) bond motifs is 1. The number of rotatable bonds is 8. The predicted octanol–water partition coefficient (Wildman–Crippen LogP) is 5.09. The molecule has 0 bridgehead atoms. The number of hydrogen-bond donors (Lipinski definition) is 0. The van der Waals surface area contributed by atoms with Crippen LogP contribution in [0.25, 0.3) is 10.9 Å². The number of para-hydroxylation sites is 1. The summed E-state index contributed by atoms with van der Waals surface area (Å²) in [4.78, 5) is 7.06. The molecule has 0 aliphatic rings. The van der Waals surface area contributed by atoms with Gasteiger partial charge in [-0.15, -0.1) is 10.2 Å². The minimum Gasteiger partial charge on any atom is -0.312 e. The van der Waals surface area contributed by atoms with Gasteiger partial charge in [-0.3, -0.25) is 9.88 Å². The topological polar surface area (TPSA) is 70.6 Å². The molecule has 3 aromatic carbocycles. The third kappa shape index (κ3) is 5.57. The largest absolute Gasteiger partial charge is 0.312 e. The number of pyridine rings is 1. The van der Waals surface area contributed by atoms with Gasteiger partial charge in [0.05, 0.1) is 35.9 Å². The molecule has 0 radical (unpaired) electrons. The SMILES string of the molecule is N#Cc1ccc(Cn2cnnc2CN(Cc2ccc(F)cc2)Cc2ccc3ccccc3n2)cc1. The van der Waals surface area contributed by atoms with Crippen LogP contribution >= 0.6 is 0 Å². The third-order valence-electron chi connectivity index (χ3n) is 5.86. The average Bonchev–Trinajstić information content (AvgIpc) is 3.32. The molecule has 0 atom stereocenters. The molecule has 0 aliphatic carbocycles. The van der Waals surface area contributed by atoms with Crippen LogP contribution in [0.2, 0.25) is 0 Å². The highest BCUT2D eigenvalue weighted by molar-refractivity contribution is 5.78. The average molecular weight is 463 g/mol. The van der Waals surface area contributed by atoms with Gasteiger partial charge in [-0.05, 0) is 47.5 Å². The molecule has 35 heavy (non-hydrogen) atoms. The molecule has 0 N–H and O–H groups in total. The van der Waals surface area contributed by atoms with Gasteiger partial charge in [0.2, 0.25) is 0 Å². The Morgan fingerprint density at radius 1 is 0.829 bits per heavy atom. The van der Waals surface area contributed by atoms with Gasteiger partial charge >= 0.3 is 0 Å². The fourth-order valence-electron chi connectivity index (χ4n) is 4.06. The molecule has 2 heterocycles. The lowest BCUT2D eigenvalue weighted by molar-refractivity contribution is 0.235. The standard InChI is InChI=1S/C28H23FN6/c29-25-12-9-22(10-13-25)16-34(18-26-14-11-24-3-1-2-4-27(24)32-26)19-28-33-31-20-35(28)17-23-7-5-21(15-30)6-8-23/h1-14,20H,16-19H2. The van der Waals surface area contributed by atoms with E-state index in [9.17, 15) is 4.39 Å². The Balaban J connectivity index is 1.39. The van der Waals surface area contributed by atoms with E-state index in [1.54, 1.807) is 18.5 Å². The summed E-state index contributed by atoms with van der Waals surface area (Å²) >= 11 is 0. The van der Waals surface area contributed by atoms with Gasteiger partial charge in [-0.2, -0.15) is 5.26 Å². The molecule has 172 valence electrons. The Morgan fingerprint density at radius 3 is 2.40 bits per heavy atom. The van der Waals surface area contributed by atoms with E-state index in [0.717, 1.165) is 33.5 Å². The lowest BCUT2D eigenvalue weighted by Crippen LogP contribution is -2.25. The summed E-state index contributed by atoms with van der Waals surface area (Å²) in [5.41, 5.74) is 4.60. The van der Waals surface area contributed by atoms with Gasteiger partial charge in [0.25, 0.3) is 0 Å². The van der Waals surface area contributed by atoms with Crippen molar-refractivity contribution in [3.63, 3.8) is 0 Å². The Morgan fingerprint density at radius 2 is 1.60 bits per heavy atom. The zero-order valence-electron chi connectivity index (χ0n) is 19.0. The summed E-state index contributed by atoms with van der Waals surface area (Å²) in [5.74, 6) is 0.566. The van der Waals surface area contributed by atoms with Crippen LogP contribution in [0.1, 0.15) is 28.2 Å². The second-order valence-corrected chi connectivity index (χ2v) is 8.45. The fraction of sp³-hybridized carbons (Fsp3) is 0.143. The Kier molecular flexibility index (Phi) is 6.55. The van der Waals surface area contributed by atoms with Gasteiger partial charge < -0.3 is 4.57 Å². The maximum atomic E-state index is 13.5. The molecule has 0 saturated carbocycles. The number of hydrogen-bond acceptors (Lipinski definition) is 5. The van der Waals surface area contributed by atoms with Crippen LogP contribution in [0.4, 0.5) is 4.39 Å². The molecule has 5 rings (SSSR count). The van der Waals surface area contributed by atoms with Crippen molar-refractivity contribution < 1.29 is 4.39 Å². The molecular weight excluding hydrogens is 439 g/mol. The van der Waals surface area contributed by atoms with Gasteiger partial charge in [-0.1, -0.05) is 48.5 Å². The maximum Gasteiger partial charge on any atom is 0.147 e. The molecule has 7 heteroatoms. The number of nitriles is 1. The van der Waals surface area contributed by atoms with E-state index in [1.165, 1.54) is 12.1 Å². The molecule has 0 unspecified atom stereocenters. The Labute approximate surface area is 202 Å². The van der Waals surface area contributed by atoms with E-state index in [1.807, 2.05) is 59.2 Å². The van der Waals surface area contributed by atoms with Crippen molar-refractivity contribution in [1.29, 1.82) is 5.26 Å². The first-order valence-electron chi connectivity index (χ1n) is 11.3. The minimum absolute atomic E-state index is 0.251. The number of benzene rings is 3.